The highest BCUT2D eigenvalue weighted by Crippen LogP contribution is 2.31. The Morgan fingerprint density at radius 3 is 2.45 bits per heavy atom. The molecule has 5 rings (SSSR count). The number of hydrogen-bond acceptors (Lipinski definition) is 4. The summed E-state index contributed by atoms with van der Waals surface area (Å²) in [7, 11) is 1.58. The summed E-state index contributed by atoms with van der Waals surface area (Å²) in [6.45, 7) is 7.20. The van der Waals surface area contributed by atoms with Crippen molar-refractivity contribution in [3.05, 3.63) is 90.3 Å². The number of hydrogen-bond donors (Lipinski definition) is 1. The molecular formula is C28H31N3O2. The van der Waals surface area contributed by atoms with Crippen molar-refractivity contribution >= 4 is 16.5 Å². The van der Waals surface area contributed by atoms with Crippen molar-refractivity contribution in [1.29, 1.82) is 0 Å². The number of anilines is 1. The zero-order valence-electron chi connectivity index (χ0n) is 19.3. The fraction of sp³-hybridized carbons (Fsp3) is 0.286. The van der Waals surface area contributed by atoms with E-state index in [4.69, 9.17) is 4.74 Å². The van der Waals surface area contributed by atoms with E-state index < -0.39 is 0 Å². The van der Waals surface area contributed by atoms with Crippen molar-refractivity contribution in [1.82, 2.24) is 9.47 Å². The molecule has 5 heteroatoms. The van der Waals surface area contributed by atoms with Gasteiger partial charge < -0.3 is 19.3 Å². The molecule has 2 heterocycles. The van der Waals surface area contributed by atoms with E-state index in [-0.39, 0.29) is 5.75 Å². The second-order valence-corrected chi connectivity index (χ2v) is 8.83. The minimum absolute atomic E-state index is 0.168. The SMILES string of the molecule is COc1cc(Cn2cc3cccc(N4CCN([C@H](C)c5ccccc5)CC4)c3c2)ccc1O. The highest BCUT2D eigenvalue weighted by molar-refractivity contribution is 5.94. The molecule has 5 nitrogen and oxygen atoms in total. The first-order valence-corrected chi connectivity index (χ1v) is 11.6. The van der Waals surface area contributed by atoms with Gasteiger partial charge in [0.1, 0.15) is 0 Å². The minimum atomic E-state index is 0.168. The van der Waals surface area contributed by atoms with E-state index in [1.54, 1.807) is 13.2 Å². The second-order valence-electron chi connectivity index (χ2n) is 8.83. The summed E-state index contributed by atoms with van der Waals surface area (Å²) >= 11 is 0. The molecule has 0 unspecified atom stereocenters. The Hall–Kier alpha value is -3.44. The number of methoxy groups -OCH3 is 1. The third kappa shape index (κ3) is 4.41. The van der Waals surface area contributed by atoms with Crippen LogP contribution in [0.3, 0.4) is 0 Å². The maximum Gasteiger partial charge on any atom is 0.160 e. The summed E-state index contributed by atoms with van der Waals surface area (Å²) in [5.74, 6) is 0.675. The van der Waals surface area contributed by atoms with E-state index in [1.165, 1.54) is 22.0 Å². The number of rotatable bonds is 6. The topological polar surface area (TPSA) is 40.9 Å². The van der Waals surface area contributed by atoms with Crippen molar-refractivity contribution in [2.75, 3.05) is 38.2 Å². The first kappa shape index (κ1) is 21.4. The van der Waals surface area contributed by atoms with E-state index in [0.29, 0.717) is 11.8 Å². The molecule has 1 N–H and O–H groups in total. The molecule has 3 aromatic carbocycles. The molecule has 0 aliphatic carbocycles. The van der Waals surface area contributed by atoms with Gasteiger partial charge in [-0.2, -0.15) is 0 Å². The number of aromatic hydroxyl groups is 1. The average Bonchev–Trinajstić information content (AvgIpc) is 3.28. The van der Waals surface area contributed by atoms with E-state index >= 15 is 0 Å². The van der Waals surface area contributed by atoms with Gasteiger partial charge >= 0.3 is 0 Å². The molecule has 1 aromatic heterocycles. The molecule has 1 aliphatic heterocycles. The lowest BCUT2D eigenvalue weighted by molar-refractivity contribution is 0.198. The average molecular weight is 442 g/mol. The largest absolute Gasteiger partial charge is 0.504 e. The van der Waals surface area contributed by atoms with Crippen molar-refractivity contribution in [2.45, 2.75) is 19.5 Å². The van der Waals surface area contributed by atoms with Crippen LogP contribution in [0.25, 0.3) is 10.8 Å². The van der Waals surface area contributed by atoms with E-state index in [9.17, 15) is 5.11 Å². The van der Waals surface area contributed by atoms with Gasteiger partial charge in [0.05, 0.1) is 7.11 Å². The van der Waals surface area contributed by atoms with Crippen LogP contribution in [0.15, 0.2) is 79.1 Å². The van der Waals surface area contributed by atoms with Crippen LogP contribution < -0.4 is 9.64 Å². The standard InChI is InChI=1S/C28H31N3O2/c1-21(23-7-4-3-5-8-23)30-13-15-31(16-14-30)26-10-6-9-24-19-29(20-25(24)26)18-22-11-12-27(32)28(17-22)33-2/h3-12,17,19-21,32H,13-16,18H2,1-2H3/t21-/m1/s1. The molecule has 1 aliphatic rings. The van der Waals surface area contributed by atoms with Gasteiger partial charge in [0.25, 0.3) is 0 Å². The predicted octanol–water partition coefficient (Wildman–Crippen LogP) is 5.29. The van der Waals surface area contributed by atoms with E-state index in [2.05, 4.69) is 82.2 Å². The lowest BCUT2D eigenvalue weighted by Crippen LogP contribution is -2.47. The quantitative estimate of drug-likeness (QED) is 0.442. The Balaban J connectivity index is 1.32. The number of phenols is 1. The van der Waals surface area contributed by atoms with Gasteiger partial charge in [-0.1, -0.05) is 48.5 Å². The summed E-state index contributed by atoms with van der Waals surface area (Å²) in [6, 6.07) is 23.3. The fourth-order valence-corrected chi connectivity index (χ4v) is 4.90. The fourth-order valence-electron chi connectivity index (χ4n) is 4.90. The van der Waals surface area contributed by atoms with Crippen LogP contribution >= 0.6 is 0 Å². The van der Waals surface area contributed by atoms with Gasteiger partial charge in [-0.3, -0.25) is 4.90 Å². The monoisotopic (exact) mass is 441 g/mol. The number of aromatic nitrogens is 1. The molecule has 0 spiro atoms. The van der Waals surface area contributed by atoms with Crippen LogP contribution in [-0.2, 0) is 6.54 Å². The normalized spacial score (nSPS) is 15.6. The smallest absolute Gasteiger partial charge is 0.160 e. The first-order valence-electron chi connectivity index (χ1n) is 11.6. The molecule has 0 radical (unpaired) electrons. The zero-order valence-corrected chi connectivity index (χ0v) is 19.3. The highest BCUT2D eigenvalue weighted by Gasteiger charge is 2.23. The molecule has 170 valence electrons. The maximum atomic E-state index is 9.87. The Bertz CT molecular complexity index is 1230. The molecule has 4 aromatic rings. The van der Waals surface area contributed by atoms with Crippen LogP contribution in [0.1, 0.15) is 24.1 Å². The molecule has 0 bridgehead atoms. The van der Waals surface area contributed by atoms with Crippen LogP contribution in [0.4, 0.5) is 5.69 Å². The van der Waals surface area contributed by atoms with Gasteiger partial charge in [-0.25, -0.2) is 0 Å². The first-order chi connectivity index (χ1) is 16.1. The molecular weight excluding hydrogens is 410 g/mol. The maximum absolute atomic E-state index is 9.87. The summed E-state index contributed by atoms with van der Waals surface area (Å²) in [4.78, 5) is 5.10. The van der Waals surface area contributed by atoms with Gasteiger partial charge in [-0.15, -0.1) is 0 Å². The molecule has 33 heavy (non-hydrogen) atoms. The molecule has 0 saturated carbocycles. The van der Waals surface area contributed by atoms with Crippen molar-refractivity contribution in [3.8, 4) is 11.5 Å². The van der Waals surface area contributed by atoms with Crippen LogP contribution in [0, 0.1) is 0 Å². The van der Waals surface area contributed by atoms with Gasteiger partial charge in [-0.05, 0) is 36.2 Å². The van der Waals surface area contributed by atoms with Crippen molar-refractivity contribution in [3.63, 3.8) is 0 Å². The van der Waals surface area contributed by atoms with E-state index in [0.717, 1.165) is 38.3 Å². The minimum Gasteiger partial charge on any atom is -0.504 e. The van der Waals surface area contributed by atoms with Gasteiger partial charge in [0.2, 0.25) is 0 Å². The predicted molar refractivity (Wildman–Crippen MR) is 134 cm³/mol. The van der Waals surface area contributed by atoms with Gasteiger partial charge in [0, 0.05) is 67.6 Å². The molecule has 1 fully saturated rings. The lowest BCUT2D eigenvalue weighted by atomic mass is 10.1. The Morgan fingerprint density at radius 2 is 1.70 bits per heavy atom. The van der Waals surface area contributed by atoms with Crippen LogP contribution in [0.5, 0.6) is 11.5 Å². The van der Waals surface area contributed by atoms with Crippen molar-refractivity contribution < 1.29 is 9.84 Å². The number of nitrogens with zero attached hydrogens (tertiary/aromatic N) is 3. The molecule has 0 amide bonds. The highest BCUT2D eigenvalue weighted by atomic mass is 16.5. The van der Waals surface area contributed by atoms with Crippen LogP contribution in [-0.4, -0.2) is 47.9 Å². The summed E-state index contributed by atoms with van der Waals surface area (Å²) in [5, 5.41) is 12.4. The molecule has 1 atom stereocenters. The van der Waals surface area contributed by atoms with E-state index in [1.807, 2.05) is 12.1 Å². The van der Waals surface area contributed by atoms with Crippen molar-refractivity contribution in [2.24, 2.45) is 0 Å². The number of phenolic OH excluding ortho intramolecular Hbond substituents is 1. The Labute approximate surface area is 195 Å². The number of piperazine rings is 1. The van der Waals surface area contributed by atoms with Gasteiger partial charge in [0.15, 0.2) is 11.5 Å². The van der Waals surface area contributed by atoms with Crippen LogP contribution in [0.2, 0.25) is 0 Å². The summed E-state index contributed by atoms with van der Waals surface area (Å²) in [6.07, 6.45) is 4.44. The Kier molecular flexibility index (Phi) is 5.97. The third-order valence-corrected chi connectivity index (χ3v) is 6.81. The zero-order chi connectivity index (χ0) is 22.8. The third-order valence-electron chi connectivity index (χ3n) is 6.81. The number of ether oxygens (including phenoxy) is 1. The summed E-state index contributed by atoms with van der Waals surface area (Å²) < 4.78 is 7.48. The number of benzene rings is 3. The number of fused-ring (bicyclic) bond motifs is 1. The lowest BCUT2D eigenvalue weighted by Gasteiger charge is -2.39. The Morgan fingerprint density at radius 1 is 0.909 bits per heavy atom. The summed E-state index contributed by atoms with van der Waals surface area (Å²) in [5.41, 5.74) is 3.78. The second kappa shape index (κ2) is 9.20. The molecule has 1 saturated heterocycles.